The van der Waals surface area contributed by atoms with Crippen molar-refractivity contribution in [2.24, 2.45) is 5.92 Å². The normalized spacial score (nSPS) is 17.6. The maximum atomic E-state index is 13.3. The second-order valence-corrected chi connectivity index (χ2v) is 9.16. The molecule has 2 aromatic carbocycles. The van der Waals surface area contributed by atoms with Crippen LogP contribution >= 0.6 is 0 Å². The molecule has 1 amide bonds. The Morgan fingerprint density at radius 3 is 2.67 bits per heavy atom. The average Bonchev–Trinajstić information content (AvgIpc) is 2.79. The Labute approximate surface area is 175 Å². The van der Waals surface area contributed by atoms with Gasteiger partial charge >= 0.3 is 0 Å². The summed E-state index contributed by atoms with van der Waals surface area (Å²) < 4.78 is 33.2. The number of piperidine rings is 1. The number of anilines is 1. The molecule has 3 aromatic rings. The number of carbonyl (C=O) groups is 1. The number of nitrogens with one attached hydrogen (secondary N) is 1. The maximum absolute atomic E-state index is 13.3. The van der Waals surface area contributed by atoms with E-state index in [-0.39, 0.29) is 17.3 Å². The zero-order valence-corrected chi connectivity index (χ0v) is 17.4. The first kappa shape index (κ1) is 20.3. The molecule has 0 saturated carbocycles. The molecular formula is C22H23N3O4S. The van der Waals surface area contributed by atoms with E-state index in [0.717, 1.165) is 5.39 Å². The molecule has 1 N–H and O–H groups in total. The smallest absolute Gasteiger partial charge is 0.245 e. The van der Waals surface area contributed by atoms with Crippen LogP contribution in [0.2, 0.25) is 0 Å². The van der Waals surface area contributed by atoms with Crippen LogP contribution in [-0.4, -0.2) is 43.8 Å². The van der Waals surface area contributed by atoms with Gasteiger partial charge in [-0.3, -0.25) is 9.78 Å². The Balaban J connectivity index is 1.53. The highest BCUT2D eigenvalue weighted by molar-refractivity contribution is 7.89. The first-order valence-corrected chi connectivity index (χ1v) is 11.2. The summed E-state index contributed by atoms with van der Waals surface area (Å²) in [6.07, 6.45) is 2.85. The number of amides is 1. The zero-order chi connectivity index (χ0) is 21.1. The summed E-state index contributed by atoms with van der Waals surface area (Å²) in [5.74, 6) is 0.0984. The number of para-hydroxylation sites is 1. The van der Waals surface area contributed by atoms with Crippen LogP contribution in [0.1, 0.15) is 12.8 Å². The summed E-state index contributed by atoms with van der Waals surface area (Å²) in [6, 6.07) is 15.8. The largest absolute Gasteiger partial charge is 0.497 e. The van der Waals surface area contributed by atoms with Gasteiger partial charge in [-0.25, -0.2) is 8.42 Å². The molecule has 156 valence electrons. The molecule has 0 aliphatic carbocycles. The quantitative estimate of drug-likeness (QED) is 0.678. The van der Waals surface area contributed by atoms with Crippen LogP contribution < -0.4 is 10.1 Å². The lowest BCUT2D eigenvalue weighted by Gasteiger charge is -2.31. The van der Waals surface area contributed by atoms with Crippen LogP contribution in [0.15, 0.2) is 65.7 Å². The van der Waals surface area contributed by atoms with Crippen LogP contribution in [0.5, 0.6) is 5.75 Å². The Bertz CT molecular complexity index is 1160. The zero-order valence-electron chi connectivity index (χ0n) is 16.6. The highest BCUT2D eigenvalue weighted by Crippen LogP contribution is 2.28. The lowest BCUT2D eigenvalue weighted by Crippen LogP contribution is -2.43. The molecule has 7 nitrogen and oxygen atoms in total. The summed E-state index contributed by atoms with van der Waals surface area (Å²) in [4.78, 5) is 17.2. The average molecular weight is 426 g/mol. The molecular weight excluding hydrogens is 402 g/mol. The van der Waals surface area contributed by atoms with Crippen LogP contribution in [0.3, 0.4) is 0 Å². The minimum atomic E-state index is -3.76. The van der Waals surface area contributed by atoms with Gasteiger partial charge in [0, 0.05) is 30.4 Å². The number of pyridine rings is 1. The Hall–Kier alpha value is -2.97. The monoisotopic (exact) mass is 425 g/mol. The number of methoxy groups -OCH3 is 1. The molecule has 0 unspecified atom stereocenters. The third-order valence-corrected chi connectivity index (χ3v) is 7.22. The van der Waals surface area contributed by atoms with E-state index in [4.69, 9.17) is 4.74 Å². The second kappa shape index (κ2) is 8.41. The molecule has 1 aliphatic heterocycles. The number of aromatic nitrogens is 1. The van der Waals surface area contributed by atoms with Gasteiger partial charge < -0.3 is 10.1 Å². The van der Waals surface area contributed by atoms with Gasteiger partial charge in [-0.1, -0.05) is 18.2 Å². The van der Waals surface area contributed by atoms with Gasteiger partial charge in [0.1, 0.15) is 10.6 Å². The standard InChI is InChI=1S/C22H23N3O4S/c1-29-19-11-9-18(10-12-19)24-22(26)17-7-4-14-25(15-17)30(27,28)20-8-2-5-16-6-3-13-23-21(16)20/h2-3,5-6,8-13,17H,4,7,14-15H2,1H3,(H,24,26)/t17-/m1/s1. The summed E-state index contributed by atoms with van der Waals surface area (Å²) in [5.41, 5.74) is 1.10. The third kappa shape index (κ3) is 4.01. The molecule has 1 saturated heterocycles. The molecule has 0 bridgehead atoms. The molecule has 1 fully saturated rings. The van der Waals surface area contributed by atoms with Crippen molar-refractivity contribution in [3.63, 3.8) is 0 Å². The number of hydrogen-bond donors (Lipinski definition) is 1. The third-order valence-electron chi connectivity index (χ3n) is 5.33. The van der Waals surface area contributed by atoms with Crippen molar-refractivity contribution in [3.8, 4) is 5.75 Å². The van der Waals surface area contributed by atoms with Crippen molar-refractivity contribution in [1.82, 2.24) is 9.29 Å². The highest BCUT2D eigenvalue weighted by Gasteiger charge is 2.34. The van der Waals surface area contributed by atoms with Gasteiger partial charge in [0.05, 0.1) is 18.5 Å². The minimum absolute atomic E-state index is 0.146. The van der Waals surface area contributed by atoms with Crippen molar-refractivity contribution in [2.45, 2.75) is 17.7 Å². The van der Waals surface area contributed by atoms with Crippen molar-refractivity contribution in [3.05, 3.63) is 60.8 Å². The van der Waals surface area contributed by atoms with Crippen LogP contribution in [-0.2, 0) is 14.8 Å². The molecule has 4 rings (SSSR count). The van der Waals surface area contributed by atoms with E-state index in [1.54, 1.807) is 55.8 Å². The van der Waals surface area contributed by atoms with E-state index in [2.05, 4.69) is 10.3 Å². The van der Waals surface area contributed by atoms with Crippen molar-refractivity contribution in [1.29, 1.82) is 0 Å². The second-order valence-electron chi connectivity index (χ2n) is 7.25. The molecule has 8 heteroatoms. The number of ether oxygens (including phenoxy) is 1. The van der Waals surface area contributed by atoms with E-state index < -0.39 is 15.9 Å². The first-order chi connectivity index (χ1) is 14.5. The van der Waals surface area contributed by atoms with Gasteiger partial charge in [0.2, 0.25) is 15.9 Å². The van der Waals surface area contributed by atoms with E-state index in [0.29, 0.717) is 36.3 Å². The lowest BCUT2D eigenvalue weighted by atomic mass is 9.99. The number of nitrogens with zero attached hydrogens (tertiary/aromatic N) is 2. The molecule has 1 atom stereocenters. The first-order valence-electron chi connectivity index (χ1n) is 9.78. The lowest BCUT2D eigenvalue weighted by molar-refractivity contribution is -0.120. The van der Waals surface area contributed by atoms with Gasteiger partial charge in [-0.2, -0.15) is 4.31 Å². The number of fused-ring (bicyclic) bond motifs is 1. The van der Waals surface area contributed by atoms with Crippen LogP contribution in [0.4, 0.5) is 5.69 Å². The number of carbonyl (C=O) groups excluding carboxylic acids is 1. The fraction of sp³-hybridized carbons (Fsp3) is 0.273. The maximum Gasteiger partial charge on any atom is 0.245 e. The van der Waals surface area contributed by atoms with E-state index in [1.807, 2.05) is 12.1 Å². The predicted octanol–water partition coefficient (Wildman–Crippen LogP) is 3.28. The molecule has 1 aromatic heterocycles. The Kier molecular flexibility index (Phi) is 5.69. The fourth-order valence-corrected chi connectivity index (χ4v) is 5.41. The minimum Gasteiger partial charge on any atom is -0.497 e. The molecule has 30 heavy (non-hydrogen) atoms. The van der Waals surface area contributed by atoms with Crippen LogP contribution in [0.25, 0.3) is 10.9 Å². The molecule has 0 radical (unpaired) electrons. The van der Waals surface area contributed by atoms with E-state index >= 15 is 0 Å². The van der Waals surface area contributed by atoms with Crippen molar-refractivity contribution >= 4 is 32.5 Å². The topological polar surface area (TPSA) is 88.6 Å². The van der Waals surface area contributed by atoms with Gasteiger partial charge in [-0.05, 0) is 49.2 Å². The summed E-state index contributed by atoms with van der Waals surface area (Å²) in [5, 5.41) is 3.64. The number of rotatable bonds is 5. The Morgan fingerprint density at radius 2 is 1.90 bits per heavy atom. The summed E-state index contributed by atoms with van der Waals surface area (Å²) >= 11 is 0. The summed E-state index contributed by atoms with van der Waals surface area (Å²) in [7, 11) is -2.18. The SMILES string of the molecule is COc1ccc(NC(=O)[C@@H]2CCCN(S(=O)(=O)c3cccc4cccnc34)C2)cc1. The molecule has 2 heterocycles. The molecule has 0 spiro atoms. The highest BCUT2D eigenvalue weighted by atomic mass is 32.2. The van der Waals surface area contributed by atoms with Gasteiger partial charge in [-0.15, -0.1) is 0 Å². The van der Waals surface area contributed by atoms with Crippen LogP contribution in [0, 0.1) is 5.92 Å². The van der Waals surface area contributed by atoms with E-state index in [1.165, 1.54) is 4.31 Å². The predicted molar refractivity (Wildman–Crippen MR) is 115 cm³/mol. The fourth-order valence-electron chi connectivity index (χ4n) is 3.72. The Morgan fingerprint density at radius 1 is 1.13 bits per heavy atom. The van der Waals surface area contributed by atoms with Crippen molar-refractivity contribution in [2.75, 3.05) is 25.5 Å². The number of hydrogen-bond acceptors (Lipinski definition) is 5. The number of benzene rings is 2. The molecule has 1 aliphatic rings. The van der Waals surface area contributed by atoms with Gasteiger partial charge in [0.25, 0.3) is 0 Å². The van der Waals surface area contributed by atoms with E-state index in [9.17, 15) is 13.2 Å². The van der Waals surface area contributed by atoms with Gasteiger partial charge in [0.15, 0.2) is 0 Å². The van der Waals surface area contributed by atoms with Crippen molar-refractivity contribution < 1.29 is 17.9 Å². The summed E-state index contributed by atoms with van der Waals surface area (Å²) in [6.45, 7) is 0.533. The number of sulfonamides is 1.